The molecule has 1 N–H and O–H groups in total. The third kappa shape index (κ3) is 12.4. The van der Waals surface area contributed by atoms with Crippen LogP contribution >= 0.6 is 11.8 Å². The van der Waals surface area contributed by atoms with Crippen LogP contribution in [0.25, 0.3) is 0 Å². The number of urea groups is 1. The third-order valence-electron chi connectivity index (χ3n) is 4.44. The van der Waals surface area contributed by atoms with E-state index in [1.54, 1.807) is 25.8 Å². The Hall–Kier alpha value is -0.710. The van der Waals surface area contributed by atoms with Crippen molar-refractivity contribution in [1.29, 1.82) is 0 Å². The molecule has 0 aliphatic carbocycles. The first-order chi connectivity index (χ1) is 12.2. The second-order valence-corrected chi connectivity index (χ2v) is 12.1. The molecule has 0 aliphatic heterocycles. The average molecular weight is 401 g/mol. The van der Waals surface area contributed by atoms with Crippen LogP contribution in [0.4, 0.5) is 4.79 Å². The van der Waals surface area contributed by atoms with Crippen LogP contribution in [-0.2, 0) is 4.79 Å². The molecule has 160 valence electrons. The molecule has 0 aliphatic rings. The van der Waals surface area contributed by atoms with Gasteiger partial charge in [0, 0.05) is 23.8 Å². The van der Waals surface area contributed by atoms with Gasteiger partial charge in [0.2, 0.25) is 0 Å². The topological polar surface area (TPSA) is 49.4 Å². The highest BCUT2D eigenvalue weighted by atomic mass is 32.2. The molecule has 2 amide bonds. The van der Waals surface area contributed by atoms with Crippen LogP contribution in [0.15, 0.2) is 0 Å². The molecule has 0 bridgehead atoms. The lowest BCUT2D eigenvalue weighted by Gasteiger charge is -2.33. The molecule has 27 heavy (non-hydrogen) atoms. The highest BCUT2D eigenvalue weighted by Gasteiger charge is 2.37. The number of carbonyl (C=O) groups is 2. The molecule has 0 unspecified atom stereocenters. The molecule has 0 saturated carbocycles. The fourth-order valence-corrected chi connectivity index (χ4v) is 3.96. The smallest absolute Gasteiger partial charge is 0.317 e. The lowest BCUT2D eigenvalue weighted by Crippen LogP contribution is -2.56. The van der Waals surface area contributed by atoms with Crippen LogP contribution in [0.1, 0.15) is 93.9 Å². The van der Waals surface area contributed by atoms with Gasteiger partial charge in [-0.05, 0) is 32.4 Å². The van der Waals surface area contributed by atoms with Crippen molar-refractivity contribution in [3.05, 3.63) is 0 Å². The number of hydrogen-bond acceptors (Lipinski definition) is 3. The Morgan fingerprint density at radius 3 is 1.78 bits per heavy atom. The zero-order chi connectivity index (χ0) is 21.3. The van der Waals surface area contributed by atoms with Crippen molar-refractivity contribution in [1.82, 2.24) is 10.2 Å². The first-order valence-corrected chi connectivity index (χ1v) is 11.4. The molecule has 0 aromatic heterocycles. The van der Waals surface area contributed by atoms with Gasteiger partial charge in [-0.2, -0.15) is 11.8 Å². The summed E-state index contributed by atoms with van der Waals surface area (Å²) in [4.78, 5) is 26.5. The number of thioether (sulfide) groups is 1. The van der Waals surface area contributed by atoms with Gasteiger partial charge in [0.1, 0.15) is 0 Å². The molecule has 0 radical (unpaired) electrons. The fourth-order valence-electron chi connectivity index (χ4n) is 3.00. The Morgan fingerprint density at radius 1 is 0.815 bits per heavy atom. The van der Waals surface area contributed by atoms with Crippen molar-refractivity contribution in [2.45, 2.75) is 104 Å². The van der Waals surface area contributed by atoms with E-state index in [0.29, 0.717) is 4.75 Å². The zero-order valence-corrected chi connectivity index (χ0v) is 20.1. The summed E-state index contributed by atoms with van der Waals surface area (Å²) in [5.74, 6) is 1.29. The summed E-state index contributed by atoms with van der Waals surface area (Å²) < 4.78 is 0.372. The summed E-state index contributed by atoms with van der Waals surface area (Å²) in [6, 6.07) is -0.170. The Balaban J connectivity index is 3.94. The number of amides is 2. The Labute approximate surface area is 172 Å². The van der Waals surface area contributed by atoms with Crippen molar-refractivity contribution < 1.29 is 9.59 Å². The number of hydrogen-bond donors (Lipinski definition) is 1. The largest absolute Gasteiger partial charge is 0.328 e. The number of Topliss-reactive ketones (excluding diaryl/α,β-unsaturated/α-hetero) is 1. The van der Waals surface area contributed by atoms with Gasteiger partial charge in [0.15, 0.2) is 5.78 Å². The maximum atomic E-state index is 12.5. The molecule has 0 atom stereocenters. The van der Waals surface area contributed by atoms with Gasteiger partial charge in [-0.1, -0.05) is 67.2 Å². The molecule has 4 nitrogen and oxygen atoms in total. The quantitative estimate of drug-likeness (QED) is 0.440. The van der Waals surface area contributed by atoms with E-state index in [0.717, 1.165) is 19.4 Å². The lowest BCUT2D eigenvalue weighted by atomic mass is 9.80. The summed E-state index contributed by atoms with van der Waals surface area (Å²) in [5, 5.41) is 2.88. The fraction of sp³-hybridized carbons (Fsp3) is 0.909. The van der Waals surface area contributed by atoms with Gasteiger partial charge >= 0.3 is 6.03 Å². The zero-order valence-electron chi connectivity index (χ0n) is 19.3. The van der Waals surface area contributed by atoms with Gasteiger partial charge in [-0.25, -0.2) is 4.79 Å². The normalized spacial score (nSPS) is 12.8. The predicted molar refractivity (Wildman–Crippen MR) is 120 cm³/mol. The molecule has 0 rings (SSSR count). The van der Waals surface area contributed by atoms with E-state index in [9.17, 15) is 9.59 Å². The number of nitrogens with zero attached hydrogens (tertiary/aromatic N) is 1. The van der Waals surface area contributed by atoms with Gasteiger partial charge in [0.05, 0.1) is 5.54 Å². The van der Waals surface area contributed by atoms with Crippen LogP contribution in [0.2, 0.25) is 0 Å². The summed E-state index contributed by atoms with van der Waals surface area (Å²) in [6.07, 6.45) is 7.24. The average Bonchev–Trinajstić information content (AvgIpc) is 2.49. The van der Waals surface area contributed by atoms with Crippen molar-refractivity contribution in [3.63, 3.8) is 0 Å². The van der Waals surface area contributed by atoms with E-state index < -0.39 is 11.0 Å². The summed E-state index contributed by atoms with van der Waals surface area (Å²) in [7, 11) is 1.80. The highest BCUT2D eigenvalue weighted by Crippen LogP contribution is 2.25. The minimum Gasteiger partial charge on any atom is -0.328 e. The Kier molecular flexibility index (Phi) is 11.0. The third-order valence-corrected chi connectivity index (χ3v) is 5.80. The Bertz CT molecular complexity index is 462. The lowest BCUT2D eigenvalue weighted by molar-refractivity contribution is -0.131. The van der Waals surface area contributed by atoms with E-state index in [4.69, 9.17) is 0 Å². The number of carbonyl (C=O) groups excluding carboxylic acids is 2. The summed E-state index contributed by atoms with van der Waals surface area (Å²) in [5.41, 5.74) is -1.32. The first-order valence-electron chi connectivity index (χ1n) is 10.4. The van der Waals surface area contributed by atoms with E-state index >= 15 is 0 Å². The minimum absolute atomic E-state index is 0.0429. The van der Waals surface area contributed by atoms with Crippen molar-refractivity contribution in [3.8, 4) is 0 Å². The maximum Gasteiger partial charge on any atom is 0.317 e. The minimum atomic E-state index is -0.853. The van der Waals surface area contributed by atoms with Crippen LogP contribution < -0.4 is 5.32 Å². The molecular formula is C22H44N2O2S. The first kappa shape index (κ1) is 26.3. The summed E-state index contributed by atoms with van der Waals surface area (Å²) in [6.45, 7) is 16.7. The van der Waals surface area contributed by atoms with Gasteiger partial charge in [-0.15, -0.1) is 0 Å². The van der Waals surface area contributed by atoms with Gasteiger partial charge < -0.3 is 10.2 Å². The number of ketones is 1. The predicted octanol–water partition coefficient (Wildman–Crippen LogP) is 5.89. The second kappa shape index (κ2) is 11.3. The monoisotopic (exact) mass is 400 g/mol. The molecule has 5 heteroatoms. The van der Waals surface area contributed by atoms with Crippen molar-refractivity contribution in [2.24, 2.45) is 5.41 Å². The highest BCUT2D eigenvalue weighted by molar-refractivity contribution is 8.00. The van der Waals surface area contributed by atoms with E-state index in [1.165, 1.54) is 31.4 Å². The SMILES string of the molecule is CN(CCCCCCCCSC(C)(C)C)C(=O)NC(C)(C)C(=O)C(C)(C)C. The number of rotatable bonds is 11. The molecule has 0 fully saturated rings. The van der Waals surface area contributed by atoms with Crippen molar-refractivity contribution >= 4 is 23.6 Å². The molecule has 0 spiro atoms. The molecular weight excluding hydrogens is 356 g/mol. The van der Waals surface area contributed by atoms with Crippen LogP contribution in [0, 0.1) is 5.41 Å². The van der Waals surface area contributed by atoms with Gasteiger partial charge in [-0.3, -0.25) is 4.79 Å². The van der Waals surface area contributed by atoms with E-state index in [2.05, 4.69) is 26.1 Å². The Morgan fingerprint density at radius 2 is 1.30 bits per heavy atom. The molecule has 0 aromatic carbocycles. The molecule has 0 heterocycles. The second-order valence-electron chi connectivity index (χ2n) is 10.1. The molecule has 0 saturated heterocycles. The van der Waals surface area contributed by atoms with Crippen LogP contribution in [0.5, 0.6) is 0 Å². The maximum absolute atomic E-state index is 12.5. The van der Waals surface area contributed by atoms with Gasteiger partial charge in [0.25, 0.3) is 0 Å². The number of nitrogens with one attached hydrogen (secondary N) is 1. The van der Waals surface area contributed by atoms with Crippen LogP contribution in [-0.4, -0.2) is 46.3 Å². The summed E-state index contributed by atoms with van der Waals surface area (Å²) >= 11 is 2.04. The number of unbranched alkanes of at least 4 members (excludes halogenated alkanes) is 5. The van der Waals surface area contributed by atoms with Crippen molar-refractivity contribution in [2.75, 3.05) is 19.3 Å². The van der Waals surface area contributed by atoms with E-state index in [-0.39, 0.29) is 11.8 Å². The standard InChI is InChI=1S/C22H44N2O2S/c1-20(2,3)18(25)22(7,8)23-19(26)24(9)16-14-12-10-11-13-15-17-27-21(4,5)6/h10-17H2,1-9H3,(H,23,26). The molecule has 0 aromatic rings. The van der Waals surface area contributed by atoms with E-state index in [1.807, 2.05) is 32.5 Å². The van der Waals surface area contributed by atoms with Crippen LogP contribution in [0.3, 0.4) is 0 Å².